The first-order chi connectivity index (χ1) is 11.6. The van der Waals surface area contributed by atoms with Gasteiger partial charge < -0.3 is 5.32 Å². The molecule has 1 saturated carbocycles. The molecule has 2 aliphatic rings. The maximum atomic E-state index is 12.5. The fraction of sp³-hybridized carbons (Fsp3) is 0.579. The smallest absolute Gasteiger partial charge is 0.220 e. The van der Waals surface area contributed by atoms with Crippen molar-refractivity contribution in [1.29, 1.82) is 5.26 Å². The van der Waals surface area contributed by atoms with Gasteiger partial charge in [0, 0.05) is 19.5 Å². The van der Waals surface area contributed by atoms with Crippen molar-refractivity contribution >= 4 is 5.91 Å². The normalized spacial score (nSPS) is 20.3. The van der Waals surface area contributed by atoms with Gasteiger partial charge in [0.05, 0.1) is 23.8 Å². The fourth-order valence-corrected chi connectivity index (χ4v) is 3.50. The zero-order chi connectivity index (χ0) is 17.0. The number of nitrogens with zero attached hydrogens (tertiary/aromatic N) is 2. The molecule has 0 radical (unpaired) electrons. The summed E-state index contributed by atoms with van der Waals surface area (Å²) >= 11 is 0. The Labute approximate surface area is 143 Å². The number of rotatable bonds is 6. The number of hydroxylamine groups is 2. The molecule has 0 aromatic heterocycles. The van der Waals surface area contributed by atoms with Gasteiger partial charge in [0.15, 0.2) is 0 Å². The maximum absolute atomic E-state index is 12.5. The lowest BCUT2D eigenvalue weighted by atomic mass is 9.93. The molecule has 1 aromatic rings. The van der Waals surface area contributed by atoms with Crippen molar-refractivity contribution in [3.05, 3.63) is 35.4 Å². The first kappa shape index (κ1) is 16.9. The maximum Gasteiger partial charge on any atom is 0.220 e. The second-order valence-electron chi connectivity index (χ2n) is 6.82. The van der Waals surface area contributed by atoms with Crippen molar-refractivity contribution < 1.29 is 9.63 Å². The average Bonchev–Trinajstić information content (AvgIpc) is 3.37. The molecule has 1 aromatic carbocycles. The third-order valence-electron chi connectivity index (χ3n) is 5.03. The van der Waals surface area contributed by atoms with Crippen LogP contribution in [0.5, 0.6) is 0 Å². The minimum atomic E-state index is -0.240. The van der Waals surface area contributed by atoms with Gasteiger partial charge in [0.25, 0.3) is 0 Å². The van der Waals surface area contributed by atoms with Crippen LogP contribution in [-0.2, 0) is 15.2 Å². The van der Waals surface area contributed by atoms with E-state index in [4.69, 9.17) is 10.1 Å². The summed E-state index contributed by atoms with van der Waals surface area (Å²) in [5.41, 5.74) is 1.47. The summed E-state index contributed by atoms with van der Waals surface area (Å²) in [7, 11) is 0. The number of piperidine rings is 1. The number of nitriles is 1. The Balaban J connectivity index is 1.53. The van der Waals surface area contributed by atoms with E-state index in [0.29, 0.717) is 24.5 Å². The second-order valence-corrected chi connectivity index (χ2v) is 6.82. The molecule has 0 unspecified atom stereocenters. The highest BCUT2D eigenvalue weighted by Gasteiger charge is 2.45. The Morgan fingerprint density at radius 3 is 2.79 bits per heavy atom. The number of carbonyl (C=O) groups is 1. The Bertz CT molecular complexity index is 626. The van der Waals surface area contributed by atoms with Crippen molar-refractivity contribution in [2.75, 3.05) is 19.7 Å². The molecule has 0 bridgehead atoms. The van der Waals surface area contributed by atoms with E-state index in [2.05, 4.69) is 11.4 Å². The number of nitrogens with one attached hydrogen (secondary N) is 1. The molecule has 1 aliphatic carbocycles. The number of benzene rings is 1. The van der Waals surface area contributed by atoms with Gasteiger partial charge in [0.2, 0.25) is 5.91 Å². The Hall–Kier alpha value is -1.90. The number of amides is 1. The van der Waals surface area contributed by atoms with E-state index in [1.54, 1.807) is 6.07 Å². The SMILES string of the molecule is CCON1CCC(CC(=O)NC2(c3cccc(C#N)c3)CC2)CC1. The van der Waals surface area contributed by atoms with Crippen molar-refractivity contribution in [1.82, 2.24) is 10.4 Å². The van der Waals surface area contributed by atoms with Crippen LogP contribution >= 0.6 is 0 Å². The van der Waals surface area contributed by atoms with Crippen LogP contribution in [0, 0.1) is 17.2 Å². The summed E-state index contributed by atoms with van der Waals surface area (Å²) < 4.78 is 0. The van der Waals surface area contributed by atoms with Gasteiger partial charge >= 0.3 is 0 Å². The lowest BCUT2D eigenvalue weighted by Crippen LogP contribution is -2.39. The van der Waals surface area contributed by atoms with Crippen molar-refractivity contribution in [2.45, 2.75) is 44.6 Å². The van der Waals surface area contributed by atoms with Crippen LogP contribution < -0.4 is 5.32 Å². The average molecular weight is 327 g/mol. The van der Waals surface area contributed by atoms with Crippen LogP contribution in [0.2, 0.25) is 0 Å². The van der Waals surface area contributed by atoms with E-state index >= 15 is 0 Å². The first-order valence-corrected chi connectivity index (χ1v) is 8.85. The van der Waals surface area contributed by atoms with E-state index in [-0.39, 0.29) is 11.4 Å². The quantitative estimate of drug-likeness (QED) is 0.872. The van der Waals surface area contributed by atoms with Crippen LogP contribution in [0.4, 0.5) is 0 Å². The minimum Gasteiger partial charge on any atom is -0.347 e. The molecule has 5 nitrogen and oxygen atoms in total. The van der Waals surface area contributed by atoms with E-state index in [9.17, 15) is 4.79 Å². The molecule has 0 spiro atoms. The van der Waals surface area contributed by atoms with Crippen LogP contribution in [0.15, 0.2) is 24.3 Å². The van der Waals surface area contributed by atoms with Gasteiger partial charge in [-0.3, -0.25) is 9.63 Å². The molecule has 5 heteroatoms. The number of carbonyl (C=O) groups excluding carboxylic acids is 1. The molecular weight excluding hydrogens is 302 g/mol. The van der Waals surface area contributed by atoms with Gasteiger partial charge in [-0.1, -0.05) is 12.1 Å². The van der Waals surface area contributed by atoms with Crippen molar-refractivity contribution in [2.24, 2.45) is 5.92 Å². The first-order valence-electron chi connectivity index (χ1n) is 8.85. The second kappa shape index (κ2) is 7.33. The molecule has 2 fully saturated rings. The zero-order valence-corrected chi connectivity index (χ0v) is 14.3. The summed E-state index contributed by atoms with van der Waals surface area (Å²) in [5, 5.41) is 14.3. The van der Waals surface area contributed by atoms with Crippen molar-refractivity contribution in [3.63, 3.8) is 0 Å². The highest BCUT2D eigenvalue weighted by Crippen LogP contribution is 2.45. The lowest BCUT2D eigenvalue weighted by Gasteiger charge is -2.30. The Morgan fingerprint density at radius 1 is 1.42 bits per heavy atom. The molecule has 128 valence electrons. The van der Waals surface area contributed by atoms with E-state index < -0.39 is 0 Å². The molecule has 1 heterocycles. The molecule has 1 N–H and O–H groups in total. The number of hydrogen-bond donors (Lipinski definition) is 1. The summed E-state index contributed by atoms with van der Waals surface area (Å²) in [6.45, 7) is 4.51. The molecule has 3 rings (SSSR count). The van der Waals surface area contributed by atoms with E-state index in [0.717, 1.165) is 44.3 Å². The predicted octanol–water partition coefficient (Wildman–Crippen LogP) is 2.72. The number of hydrogen-bond acceptors (Lipinski definition) is 4. The summed E-state index contributed by atoms with van der Waals surface area (Å²) in [6.07, 6.45) is 4.50. The summed E-state index contributed by atoms with van der Waals surface area (Å²) in [5.74, 6) is 0.563. The van der Waals surface area contributed by atoms with E-state index in [1.165, 1.54) is 0 Å². The highest BCUT2D eigenvalue weighted by molar-refractivity contribution is 5.78. The van der Waals surface area contributed by atoms with Gasteiger partial charge in [0.1, 0.15) is 0 Å². The van der Waals surface area contributed by atoms with E-state index in [1.807, 2.05) is 30.2 Å². The molecule has 24 heavy (non-hydrogen) atoms. The largest absolute Gasteiger partial charge is 0.347 e. The van der Waals surface area contributed by atoms with Crippen LogP contribution in [0.25, 0.3) is 0 Å². The van der Waals surface area contributed by atoms with Gasteiger partial charge in [-0.05, 0) is 56.2 Å². The van der Waals surface area contributed by atoms with Crippen LogP contribution in [-0.4, -0.2) is 30.7 Å². The highest BCUT2D eigenvalue weighted by atomic mass is 16.7. The van der Waals surface area contributed by atoms with Crippen LogP contribution in [0.1, 0.15) is 50.2 Å². The monoisotopic (exact) mass is 327 g/mol. The van der Waals surface area contributed by atoms with Crippen LogP contribution in [0.3, 0.4) is 0 Å². The lowest BCUT2D eigenvalue weighted by molar-refractivity contribution is -0.170. The topological polar surface area (TPSA) is 65.4 Å². The third kappa shape index (κ3) is 3.95. The van der Waals surface area contributed by atoms with Crippen molar-refractivity contribution in [3.8, 4) is 6.07 Å². The summed E-state index contributed by atoms with van der Waals surface area (Å²) in [6, 6.07) is 9.77. The predicted molar refractivity (Wildman–Crippen MR) is 90.8 cm³/mol. The minimum absolute atomic E-state index is 0.129. The standard InChI is InChI=1S/C19H25N3O2/c1-2-24-22-10-6-15(7-11-22)13-18(23)21-19(8-9-19)17-5-3-4-16(12-17)14-20/h3-5,12,15H,2,6-11,13H2,1H3,(H,21,23). The molecule has 1 amide bonds. The van der Waals surface area contributed by atoms with Gasteiger partial charge in [-0.15, -0.1) is 0 Å². The molecule has 0 atom stereocenters. The summed E-state index contributed by atoms with van der Waals surface area (Å²) in [4.78, 5) is 18.0. The van der Waals surface area contributed by atoms with Gasteiger partial charge in [-0.2, -0.15) is 10.3 Å². The zero-order valence-electron chi connectivity index (χ0n) is 14.3. The Morgan fingerprint density at radius 2 is 2.17 bits per heavy atom. The molecule has 1 saturated heterocycles. The van der Waals surface area contributed by atoms with Gasteiger partial charge in [-0.25, -0.2) is 0 Å². The Kier molecular flexibility index (Phi) is 5.17. The molecular formula is C19H25N3O2. The third-order valence-corrected chi connectivity index (χ3v) is 5.03. The fourth-order valence-electron chi connectivity index (χ4n) is 3.50. The molecule has 1 aliphatic heterocycles.